The fourth-order valence-corrected chi connectivity index (χ4v) is 6.23. The number of hydrogen-bond donors (Lipinski definition) is 0. The fourth-order valence-electron chi connectivity index (χ4n) is 4.81. The standard InChI is InChI=1S/C20H27NS/c1-16-9-5-6-12-20(16,21-13-7-2-8-14-21)19-15-17-10-3-4-11-18(17)22-19/h3-4,10-11,15-16H,2,5-9,12-14H2,1H3/t16-,20-/m0/s1. The van der Waals surface area contributed by atoms with Crippen LogP contribution in [0.3, 0.4) is 0 Å². The number of likely N-dealkylation sites (tertiary alicyclic amines) is 1. The summed E-state index contributed by atoms with van der Waals surface area (Å²) in [6, 6.07) is 11.4. The smallest absolute Gasteiger partial charge is 0.0579 e. The number of piperidine rings is 1. The first-order chi connectivity index (χ1) is 10.8. The van der Waals surface area contributed by atoms with Crippen molar-refractivity contribution in [2.45, 2.75) is 57.4 Å². The molecule has 1 aliphatic carbocycles. The van der Waals surface area contributed by atoms with Gasteiger partial charge in [0.1, 0.15) is 0 Å². The van der Waals surface area contributed by atoms with Gasteiger partial charge in [-0.1, -0.05) is 44.4 Å². The fraction of sp³-hybridized carbons (Fsp3) is 0.600. The van der Waals surface area contributed by atoms with Crippen molar-refractivity contribution in [3.05, 3.63) is 35.2 Å². The van der Waals surface area contributed by atoms with Crippen LogP contribution in [0.1, 0.15) is 56.7 Å². The summed E-state index contributed by atoms with van der Waals surface area (Å²) >= 11 is 2.06. The molecule has 2 heterocycles. The molecule has 0 amide bonds. The molecule has 22 heavy (non-hydrogen) atoms. The van der Waals surface area contributed by atoms with Crippen molar-refractivity contribution in [1.82, 2.24) is 4.90 Å². The van der Waals surface area contributed by atoms with Gasteiger partial charge in [0.25, 0.3) is 0 Å². The van der Waals surface area contributed by atoms with Crippen molar-refractivity contribution in [2.75, 3.05) is 13.1 Å². The first kappa shape index (κ1) is 14.7. The molecule has 2 fully saturated rings. The number of benzene rings is 1. The Morgan fingerprint density at radius 3 is 2.64 bits per heavy atom. The van der Waals surface area contributed by atoms with Crippen LogP contribution in [0, 0.1) is 5.92 Å². The predicted molar refractivity (Wildman–Crippen MR) is 96.6 cm³/mol. The van der Waals surface area contributed by atoms with Crippen LogP contribution in [0.4, 0.5) is 0 Å². The van der Waals surface area contributed by atoms with Gasteiger partial charge in [0, 0.05) is 9.58 Å². The maximum atomic E-state index is 2.87. The zero-order valence-electron chi connectivity index (χ0n) is 13.7. The second-order valence-corrected chi connectivity index (χ2v) is 8.35. The minimum Gasteiger partial charge on any atom is -0.293 e. The molecule has 2 aliphatic rings. The summed E-state index contributed by atoms with van der Waals surface area (Å²) in [5.41, 5.74) is 0.322. The number of thiophene rings is 1. The lowest BCUT2D eigenvalue weighted by atomic mass is 9.71. The van der Waals surface area contributed by atoms with Gasteiger partial charge in [-0.2, -0.15) is 0 Å². The number of hydrogen-bond acceptors (Lipinski definition) is 2. The average molecular weight is 314 g/mol. The van der Waals surface area contributed by atoms with E-state index in [9.17, 15) is 0 Å². The molecule has 0 unspecified atom stereocenters. The summed E-state index contributed by atoms with van der Waals surface area (Å²) in [4.78, 5) is 4.51. The van der Waals surface area contributed by atoms with E-state index in [4.69, 9.17) is 0 Å². The van der Waals surface area contributed by atoms with Gasteiger partial charge in [0.15, 0.2) is 0 Å². The van der Waals surface area contributed by atoms with Gasteiger partial charge in [0.05, 0.1) is 5.54 Å². The quantitative estimate of drug-likeness (QED) is 0.678. The normalized spacial score (nSPS) is 30.7. The van der Waals surface area contributed by atoms with E-state index in [-0.39, 0.29) is 0 Å². The molecule has 2 atom stereocenters. The van der Waals surface area contributed by atoms with Gasteiger partial charge in [0.2, 0.25) is 0 Å². The predicted octanol–water partition coefficient (Wildman–Crippen LogP) is 5.79. The van der Waals surface area contributed by atoms with Crippen LogP contribution in [0.25, 0.3) is 10.1 Å². The van der Waals surface area contributed by atoms with E-state index in [0.29, 0.717) is 5.54 Å². The topological polar surface area (TPSA) is 3.24 Å². The highest BCUT2D eigenvalue weighted by atomic mass is 32.1. The van der Waals surface area contributed by atoms with Crippen molar-refractivity contribution in [1.29, 1.82) is 0 Å². The first-order valence-electron chi connectivity index (χ1n) is 9.05. The van der Waals surface area contributed by atoms with Gasteiger partial charge in [-0.15, -0.1) is 11.3 Å². The molecule has 1 saturated carbocycles. The van der Waals surface area contributed by atoms with Crippen LogP contribution in [0.15, 0.2) is 30.3 Å². The lowest BCUT2D eigenvalue weighted by Gasteiger charge is -2.51. The van der Waals surface area contributed by atoms with Gasteiger partial charge >= 0.3 is 0 Å². The molecule has 1 aliphatic heterocycles. The van der Waals surface area contributed by atoms with Gasteiger partial charge in [-0.3, -0.25) is 4.90 Å². The third kappa shape index (κ3) is 2.32. The molecule has 0 radical (unpaired) electrons. The molecular weight excluding hydrogens is 286 g/mol. The second-order valence-electron chi connectivity index (χ2n) is 7.27. The zero-order chi connectivity index (χ0) is 15.0. The average Bonchev–Trinajstić information content (AvgIpc) is 3.00. The molecule has 0 N–H and O–H groups in total. The molecule has 1 aromatic heterocycles. The van der Waals surface area contributed by atoms with Crippen LogP contribution in [-0.4, -0.2) is 18.0 Å². The molecule has 1 nitrogen and oxygen atoms in total. The molecule has 0 spiro atoms. The van der Waals surface area contributed by atoms with Crippen LogP contribution in [-0.2, 0) is 5.54 Å². The van der Waals surface area contributed by atoms with Crippen molar-refractivity contribution in [3.8, 4) is 0 Å². The van der Waals surface area contributed by atoms with Gasteiger partial charge in [-0.25, -0.2) is 0 Å². The Bertz CT molecular complexity index is 607. The number of fused-ring (bicyclic) bond motifs is 1. The van der Waals surface area contributed by atoms with Crippen LogP contribution >= 0.6 is 11.3 Å². The molecule has 4 rings (SSSR count). The molecule has 2 heteroatoms. The molecule has 2 aromatic rings. The van der Waals surface area contributed by atoms with E-state index in [0.717, 1.165) is 5.92 Å². The van der Waals surface area contributed by atoms with E-state index >= 15 is 0 Å². The Hall–Kier alpha value is -0.860. The highest BCUT2D eigenvalue weighted by Gasteiger charge is 2.45. The zero-order valence-corrected chi connectivity index (χ0v) is 14.5. The maximum absolute atomic E-state index is 2.87. The monoisotopic (exact) mass is 313 g/mol. The van der Waals surface area contributed by atoms with Crippen molar-refractivity contribution < 1.29 is 0 Å². The molecule has 118 valence electrons. The van der Waals surface area contributed by atoms with Crippen LogP contribution in [0.2, 0.25) is 0 Å². The second kappa shape index (κ2) is 5.98. The van der Waals surface area contributed by atoms with Gasteiger partial charge in [-0.05, 0) is 62.2 Å². The summed E-state index contributed by atoms with van der Waals surface area (Å²) in [5, 5.41) is 1.44. The molecular formula is C20H27NS. The van der Waals surface area contributed by atoms with E-state index in [1.54, 1.807) is 4.88 Å². The summed E-state index contributed by atoms with van der Waals surface area (Å²) in [5.74, 6) is 0.785. The van der Waals surface area contributed by atoms with Crippen molar-refractivity contribution >= 4 is 21.4 Å². The van der Waals surface area contributed by atoms with Crippen LogP contribution < -0.4 is 0 Å². The lowest BCUT2D eigenvalue weighted by Crippen LogP contribution is -2.53. The summed E-state index contributed by atoms with van der Waals surface area (Å²) in [6.07, 6.45) is 9.77. The van der Waals surface area contributed by atoms with E-state index in [1.165, 1.54) is 68.1 Å². The Kier molecular flexibility index (Phi) is 4.00. The van der Waals surface area contributed by atoms with Gasteiger partial charge < -0.3 is 0 Å². The highest BCUT2D eigenvalue weighted by Crippen LogP contribution is 2.50. The Balaban J connectivity index is 1.81. The Labute approximate surface area is 138 Å². The summed E-state index contributed by atoms with van der Waals surface area (Å²) in [7, 11) is 0. The third-order valence-corrected chi connectivity index (χ3v) is 7.32. The number of nitrogens with zero attached hydrogens (tertiary/aromatic N) is 1. The molecule has 1 aromatic carbocycles. The third-order valence-electron chi connectivity index (χ3n) is 6.03. The largest absolute Gasteiger partial charge is 0.293 e. The van der Waals surface area contributed by atoms with E-state index in [1.807, 2.05) is 0 Å². The number of rotatable bonds is 2. The van der Waals surface area contributed by atoms with E-state index in [2.05, 4.69) is 53.5 Å². The maximum Gasteiger partial charge on any atom is 0.0579 e. The Morgan fingerprint density at radius 1 is 1.05 bits per heavy atom. The molecule has 0 bridgehead atoms. The van der Waals surface area contributed by atoms with Crippen molar-refractivity contribution in [2.24, 2.45) is 5.92 Å². The summed E-state index contributed by atoms with van der Waals surface area (Å²) < 4.78 is 1.46. The lowest BCUT2D eigenvalue weighted by molar-refractivity contribution is -0.00811. The summed E-state index contributed by atoms with van der Waals surface area (Å²) in [6.45, 7) is 5.12. The highest BCUT2D eigenvalue weighted by molar-refractivity contribution is 7.19. The molecule has 1 saturated heterocycles. The minimum absolute atomic E-state index is 0.322. The first-order valence-corrected chi connectivity index (χ1v) is 9.86. The Morgan fingerprint density at radius 2 is 1.86 bits per heavy atom. The van der Waals surface area contributed by atoms with Crippen LogP contribution in [0.5, 0.6) is 0 Å². The minimum atomic E-state index is 0.322. The SMILES string of the molecule is C[C@H]1CCCC[C@]1(c1cc2ccccc2s1)N1CCCCC1. The van der Waals surface area contributed by atoms with Crippen molar-refractivity contribution in [3.63, 3.8) is 0 Å². The van der Waals surface area contributed by atoms with E-state index < -0.39 is 0 Å².